The fourth-order valence-electron chi connectivity index (χ4n) is 4.11. The number of hydrogen-bond donors (Lipinski definition) is 0. The third kappa shape index (κ3) is 6.16. The number of hydrogen-bond acceptors (Lipinski definition) is 5. The minimum Gasteiger partial charge on any atom is -0.465 e. The Labute approximate surface area is 210 Å². The Morgan fingerprint density at radius 1 is 0.571 bits per heavy atom. The van der Waals surface area contributed by atoms with Crippen molar-refractivity contribution in [2.75, 3.05) is 32.7 Å². The van der Waals surface area contributed by atoms with Gasteiger partial charge in [-0.1, -0.05) is 84.0 Å². The second kappa shape index (κ2) is 11.1. The number of rotatable bonds is 9. The molecule has 0 bridgehead atoms. The quantitative estimate of drug-likeness (QED) is 0.295. The largest absolute Gasteiger partial charge is 0.465 e. The van der Waals surface area contributed by atoms with Crippen LogP contribution in [0, 0.1) is 0 Å². The highest BCUT2D eigenvalue weighted by atomic mass is 16.7. The Morgan fingerprint density at radius 3 is 1.37 bits per heavy atom. The summed E-state index contributed by atoms with van der Waals surface area (Å²) in [4.78, 5) is 2.19. The molecule has 3 aromatic rings. The molecule has 0 saturated heterocycles. The van der Waals surface area contributed by atoms with Crippen LogP contribution in [0.5, 0.6) is 11.5 Å². The van der Waals surface area contributed by atoms with Crippen LogP contribution in [0.2, 0.25) is 0 Å². The highest BCUT2D eigenvalue weighted by molar-refractivity contribution is 5.85. The zero-order valence-electron chi connectivity index (χ0n) is 22.3. The maximum atomic E-state index is 6.26. The Morgan fingerprint density at radius 2 is 1.00 bits per heavy atom. The number of methoxy groups -OCH3 is 2. The lowest BCUT2D eigenvalue weighted by Gasteiger charge is -2.33. The van der Waals surface area contributed by atoms with Crippen LogP contribution in [-0.2, 0) is 20.3 Å². The van der Waals surface area contributed by atoms with Gasteiger partial charge in [0.2, 0.25) is 0 Å². The third-order valence-electron chi connectivity index (χ3n) is 5.74. The molecule has 0 amide bonds. The van der Waals surface area contributed by atoms with E-state index in [1.807, 2.05) is 18.2 Å². The van der Waals surface area contributed by atoms with Crippen molar-refractivity contribution in [3.05, 3.63) is 77.9 Å². The standard InChI is InChI=1S/C30H39NO4/c1-29(2,3)23-16-12-18-25(27(23)34-20-32-7)31(22-14-10-9-11-15-22)26-19-13-17-24(30(4,5)6)28(26)35-21-33-8/h9-19H,20-21H2,1-8H3. The molecule has 0 unspecified atom stereocenters. The lowest BCUT2D eigenvalue weighted by molar-refractivity contribution is 0.0498. The van der Waals surface area contributed by atoms with E-state index < -0.39 is 0 Å². The summed E-state index contributed by atoms with van der Waals surface area (Å²) in [6.45, 7) is 13.4. The molecular weight excluding hydrogens is 438 g/mol. The van der Waals surface area contributed by atoms with Gasteiger partial charge in [-0.05, 0) is 35.1 Å². The number of nitrogens with zero attached hydrogens (tertiary/aromatic N) is 1. The molecule has 0 heterocycles. The Kier molecular flexibility index (Phi) is 8.47. The molecule has 0 aliphatic carbocycles. The molecule has 0 radical (unpaired) electrons. The maximum Gasteiger partial charge on any atom is 0.188 e. The first-order chi connectivity index (χ1) is 16.6. The summed E-state index contributed by atoms with van der Waals surface area (Å²) in [6.07, 6.45) is 0. The second-order valence-electron chi connectivity index (χ2n) is 10.6. The van der Waals surface area contributed by atoms with Gasteiger partial charge in [0, 0.05) is 31.0 Å². The van der Waals surface area contributed by atoms with Crippen LogP contribution in [0.1, 0.15) is 52.7 Å². The van der Waals surface area contributed by atoms with E-state index in [2.05, 4.69) is 95.0 Å². The molecule has 0 aromatic heterocycles. The molecule has 0 fully saturated rings. The molecule has 3 rings (SSSR count). The van der Waals surface area contributed by atoms with E-state index in [1.54, 1.807) is 14.2 Å². The fourth-order valence-corrected chi connectivity index (χ4v) is 4.11. The van der Waals surface area contributed by atoms with Crippen LogP contribution >= 0.6 is 0 Å². The first-order valence-corrected chi connectivity index (χ1v) is 11.9. The molecule has 0 saturated carbocycles. The van der Waals surface area contributed by atoms with Crippen LogP contribution in [0.4, 0.5) is 17.1 Å². The number of para-hydroxylation sites is 3. The van der Waals surface area contributed by atoms with Crippen LogP contribution in [0.3, 0.4) is 0 Å². The molecule has 0 N–H and O–H groups in total. The molecule has 0 aliphatic rings. The SMILES string of the molecule is COCOc1c(N(c2ccccc2)c2cccc(C(C)(C)C)c2OCOC)cccc1C(C)(C)C. The number of anilines is 3. The van der Waals surface area contributed by atoms with E-state index in [0.717, 1.165) is 39.7 Å². The zero-order chi connectivity index (χ0) is 25.6. The summed E-state index contributed by atoms with van der Waals surface area (Å²) in [6, 6.07) is 22.8. The zero-order valence-corrected chi connectivity index (χ0v) is 22.3. The first-order valence-electron chi connectivity index (χ1n) is 11.9. The smallest absolute Gasteiger partial charge is 0.188 e. The van der Waals surface area contributed by atoms with Crippen molar-refractivity contribution >= 4 is 17.1 Å². The molecule has 0 aliphatic heterocycles. The lowest BCUT2D eigenvalue weighted by atomic mass is 9.85. The van der Waals surface area contributed by atoms with Crippen molar-refractivity contribution in [3.63, 3.8) is 0 Å². The summed E-state index contributed by atoms with van der Waals surface area (Å²) < 4.78 is 23.2. The van der Waals surface area contributed by atoms with Crippen molar-refractivity contribution in [2.24, 2.45) is 0 Å². The third-order valence-corrected chi connectivity index (χ3v) is 5.74. The van der Waals surface area contributed by atoms with E-state index in [4.69, 9.17) is 18.9 Å². The van der Waals surface area contributed by atoms with E-state index in [-0.39, 0.29) is 24.4 Å². The molecular formula is C30H39NO4. The van der Waals surface area contributed by atoms with Gasteiger partial charge in [-0.3, -0.25) is 0 Å². The van der Waals surface area contributed by atoms with E-state index in [9.17, 15) is 0 Å². The number of benzene rings is 3. The Bertz CT molecular complexity index is 1030. The van der Waals surface area contributed by atoms with Gasteiger partial charge in [-0.15, -0.1) is 0 Å². The molecule has 35 heavy (non-hydrogen) atoms. The van der Waals surface area contributed by atoms with Crippen LogP contribution < -0.4 is 14.4 Å². The summed E-state index contributed by atoms with van der Waals surface area (Å²) >= 11 is 0. The van der Waals surface area contributed by atoms with Gasteiger partial charge in [0.25, 0.3) is 0 Å². The fraction of sp³-hybridized carbons (Fsp3) is 0.400. The molecule has 0 spiro atoms. The van der Waals surface area contributed by atoms with Crippen molar-refractivity contribution < 1.29 is 18.9 Å². The normalized spacial score (nSPS) is 11.9. The molecule has 188 valence electrons. The van der Waals surface area contributed by atoms with Crippen LogP contribution in [0.15, 0.2) is 66.7 Å². The van der Waals surface area contributed by atoms with E-state index in [1.165, 1.54) is 0 Å². The molecule has 3 aromatic carbocycles. The number of ether oxygens (including phenoxy) is 4. The van der Waals surface area contributed by atoms with Crippen molar-refractivity contribution in [3.8, 4) is 11.5 Å². The summed E-state index contributed by atoms with van der Waals surface area (Å²) in [5.74, 6) is 1.56. The van der Waals surface area contributed by atoms with Gasteiger partial charge < -0.3 is 23.8 Å². The van der Waals surface area contributed by atoms with Gasteiger partial charge in [-0.2, -0.15) is 0 Å². The molecule has 5 nitrogen and oxygen atoms in total. The predicted octanol–water partition coefficient (Wildman–Crippen LogP) is 7.72. The van der Waals surface area contributed by atoms with Crippen molar-refractivity contribution in [1.82, 2.24) is 0 Å². The summed E-state index contributed by atoms with van der Waals surface area (Å²) in [5.41, 5.74) is 4.74. The average Bonchev–Trinajstić information content (AvgIpc) is 2.81. The van der Waals surface area contributed by atoms with Gasteiger partial charge >= 0.3 is 0 Å². The van der Waals surface area contributed by atoms with E-state index in [0.29, 0.717) is 0 Å². The highest BCUT2D eigenvalue weighted by Gasteiger charge is 2.29. The monoisotopic (exact) mass is 477 g/mol. The molecule has 5 heteroatoms. The molecule has 0 atom stereocenters. The minimum absolute atomic E-state index is 0.135. The first kappa shape index (κ1) is 26.6. The Balaban J connectivity index is 2.37. The maximum absolute atomic E-state index is 6.26. The topological polar surface area (TPSA) is 40.2 Å². The van der Waals surface area contributed by atoms with Gasteiger partial charge in [0.15, 0.2) is 13.6 Å². The van der Waals surface area contributed by atoms with Gasteiger partial charge in [0.1, 0.15) is 11.5 Å². The van der Waals surface area contributed by atoms with Crippen LogP contribution in [0.25, 0.3) is 0 Å². The van der Waals surface area contributed by atoms with Crippen molar-refractivity contribution in [2.45, 2.75) is 52.4 Å². The lowest BCUT2D eigenvalue weighted by Crippen LogP contribution is -2.20. The second-order valence-corrected chi connectivity index (χ2v) is 10.6. The average molecular weight is 478 g/mol. The summed E-state index contributed by atoms with van der Waals surface area (Å²) in [5, 5.41) is 0. The predicted molar refractivity (Wildman–Crippen MR) is 144 cm³/mol. The van der Waals surface area contributed by atoms with Gasteiger partial charge in [0.05, 0.1) is 11.4 Å². The van der Waals surface area contributed by atoms with E-state index >= 15 is 0 Å². The van der Waals surface area contributed by atoms with Crippen LogP contribution in [-0.4, -0.2) is 27.8 Å². The Hall–Kier alpha value is -3.02. The van der Waals surface area contributed by atoms with Crippen molar-refractivity contribution in [1.29, 1.82) is 0 Å². The van der Waals surface area contributed by atoms with Gasteiger partial charge in [-0.25, -0.2) is 0 Å². The summed E-state index contributed by atoms with van der Waals surface area (Å²) in [7, 11) is 3.27. The minimum atomic E-state index is -0.135. The highest BCUT2D eigenvalue weighted by Crippen LogP contribution is 2.49.